The van der Waals surface area contributed by atoms with Crippen LogP contribution in [0.5, 0.6) is 5.75 Å². The molecule has 104 valence electrons. The SMILES string of the molecule is O=S(=O)(Cl)c1c[nH]c2c(OCC(F)F)c(Cl)ccc12. The fourth-order valence-corrected chi connectivity index (χ4v) is 2.84. The fraction of sp³-hybridized carbons (Fsp3) is 0.200. The van der Waals surface area contributed by atoms with Crippen molar-refractivity contribution in [2.75, 3.05) is 6.61 Å². The van der Waals surface area contributed by atoms with E-state index in [-0.39, 0.29) is 26.6 Å². The summed E-state index contributed by atoms with van der Waals surface area (Å²) in [5.41, 5.74) is 0.201. The number of H-pyrrole nitrogens is 1. The van der Waals surface area contributed by atoms with E-state index in [1.165, 1.54) is 12.1 Å². The zero-order valence-corrected chi connectivity index (χ0v) is 11.5. The number of hydrogen-bond acceptors (Lipinski definition) is 3. The van der Waals surface area contributed by atoms with Gasteiger partial charge in [-0.2, -0.15) is 0 Å². The minimum atomic E-state index is -3.95. The van der Waals surface area contributed by atoms with E-state index in [1.54, 1.807) is 0 Å². The first-order valence-electron chi connectivity index (χ1n) is 4.96. The number of aromatic nitrogens is 1. The van der Waals surface area contributed by atoms with E-state index in [1.807, 2.05) is 0 Å². The number of benzene rings is 1. The smallest absolute Gasteiger partial charge is 0.272 e. The van der Waals surface area contributed by atoms with Crippen molar-refractivity contribution in [1.29, 1.82) is 0 Å². The van der Waals surface area contributed by atoms with Gasteiger partial charge in [0.25, 0.3) is 15.5 Å². The van der Waals surface area contributed by atoms with Gasteiger partial charge in [0.1, 0.15) is 11.5 Å². The van der Waals surface area contributed by atoms with E-state index in [4.69, 9.17) is 27.0 Å². The molecule has 19 heavy (non-hydrogen) atoms. The first-order valence-corrected chi connectivity index (χ1v) is 7.64. The lowest BCUT2D eigenvalue weighted by atomic mass is 10.2. The van der Waals surface area contributed by atoms with Crippen LogP contribution < -0.4 is 4.74 Å². The third-order valence-corrected chi connectivity index (χ3v) is 4.00. The van der Waals surface area contributed by atoms with Crippen molar-refractivity contribution in [3.63, 3.8) is 0 Å². The third kappa shape index (κ3) is 2.93. The molecule has 2 aromatic rings. The maximum atomic E-state index is 12.2. The van der Waals surface area contributed by atoms with Gasteiger partial charge in [-0.1, -0.05) is 11.6 Å². The standard InChI is InChI=1S/C10H7Cl2F2NO3S/c11-6-2-1-5-7(19(12,16)17)3-15-9(5)10(6)18-4-8(13)14/h1-3,8,15H,4H2. The summed E-state index contributed by atoms with van der Waals surface area (Å²) in [6.07, 6.45) is -1.52. The molecule has 0 aliphatic rings. The predicted octanol–water partition coefficient (Wildman–Crippen LogP) is 3.39. The average Bonchev–Trinajstić information content (AvgIpc) is 2.70. The minimum Gasteiger partial charge on any atom is -0.484 e. The van der Waals surface area contributed by atoms with Crippen LogP contribution in [0.15, 0.2) is 23.2 Å². The molecule has 0 unspecified atom stereocenters. The molecule has 0 spiro atoms. The van der Waals surface area contributed by atoms with E-state index in [0.717, 1.165) is 6.20 Å². The average molecular weight is 330 g/mol. The first-order chi connectivity index (χ1) is 8.80. The molecule has 0 bridgehead atoms. The second kappa shape index (κ2) is 5.15. The van der Waals surface area contributed by atoms with Gasteiger partial charge in [-0.15, -0.1) is 0 Å². The van der Waals surface area contributed by atoms with Crippen LogP contribution in [-0.4, -0.2) is 26.4 Å². The summed E-state index contributed by atoms with van der Waals surface area (Å²) in [5, 5.41) is 0.317. The number of nitrogens with one attached hydrogen (secondary N) is 1. The topological polar surface area (TPSA) is 59.2 Å². The molecule has 0 atom stereocenters. The fourth-order valence-electron chi connectivity index (χ4n) is 1.61. The molecule has 0 saturated heterocycles. The van der Waals surface area contributed by atoms with Crippen LogP contribution in [0.25, 0.3) is 10.9 Å². The van der Waals surface area contributed by atoms with E-state index < -0.39 is 22.1 Å². The van der Waals surface area contributed by atoms with Crippen LogP contribution in [0.2, 0.25) is 5.02 Å². The monoisotopic (exact) mass is 329 g/mol. The van der Waals surface area contributed by atoms with Crippen LogP contribution in [0, 0.1) is 0 Å². The highest BCUT2D eigenvalue weighted by Crippen LogP contribution is 2.36. The Bertz CT molecular complexity index is 715. The van der Waals surface area contributed by atoms with Crippen LogP contribution >= 0.6 is 22.3 Å². The molecule has 0 radical (unpaired) electrons. The highest BCUT2D eigenvalue weighted by molar-refractivity contribution is 8.14. The van der Waals surface area contributed by atoms with Gasteiger partial charge < -0.3 is 9.72 Å². The van der Waals surface area contributed by atoms with Gasteiger partial charge in [0.15, 0.2) is 5.75 Å². The molecular weight excluding hydrogens is 323 g/mol. The van der Waals surface area contributed by atoms with Crippen molar-refractivity contribution in [3.05, 3.63) is 23.4 Å². The molecule has 4 nitrogen and oxygen atoms in total. The second-order valence-corrected chi connectivity index (χ2v) is 6.53. The van der Waals surface area contributed by atoms with E-state index >= 15 is 0 Å². The van der Waals surface area contributed by atoms with Crippen LogP contribution in [0.1, 0.15) is 0 Å². The summed E-state index contributed by atoms with van der Waals surface area (Å²) in [4.78, 5) is 2.45. The van der Waals surface area contributed by atoms with Crippen molar-refractivity contribution >= 4 is 42.2 Å². The Morgan fingerprint density at radius 2 is 2.05 bits per heavy atom. The Balaban J connectivity index is 2.58. The van der Waals surface area contributed by atoms with E-state index in [9.17, 15) is 17.2 Å². The molecule has 0 aliphatic carbocycles. The number of rotatable bonds is 4. The Labute approximate surface area is 116 Å². The zero-order valence-electron chi connectivity index (χ0n) is 9.16. The highest BCUT2D eigenvalue weighted by atomic mass is 35.7. The number of alkyl halides is 2. The summed E-state index contributed by atoms with van der Waals surface area (Å²) in [5.74, 6) is -0.0361. The molecule has 1 aromatic carbocycles. The van der Waals surface area contributed by atoms with Gasteiger partial charge in [0, 0.05) is 22.3 Å². The first kappa shape index (κ1) is 14.4. The number of ether oxygens (including phenoxy) is 1. The largest absolute Gasteiger partial charge is 0.484 e. The quantitative estimate of drug-likeness (QED) is 0.874. The molecule has 2 rings (SSSR count). The van der Waals surface area contributed by atoms with Crippen molar-refractivity contribution < 1.29 is 21.9 Å². The molecule has 1 aromatic heterocycles. The molecule has 0 fully saturated rings. The molecule has 9 heteroatoms. The lowest BCUT2D eigenvalue weighted by Gasteiger charge is -2.08. The summed E-state index contributed by atoms with van der Waals surface area (Å²) in [6, 6.07) is 2.77. The Kier molecular flexibility index (Phi) is 3.89. The predicted molar refractivity (Wildman–Crippen MR) is 67.8 cm³/mol. The summed E-state index contributed by atoms with van der Waals surface area (Å²) in [6.45, 7) is -0.846. The van der Waals surface area contributed by atoms with Gasteiger partial charge in [-0.05, 0) is 12.1 Å². The third-order valence-electron chi connectivity index (χ3n) is 2.34. The summed E-state index contributed by atoms with van der Waals surface area (Å²) >= 11 is 5.84. The molecule has 0 amide bonds. The van der Waals surface area contributed by atoms with Crippen LogP contribution in [-0.2, 0) is 9.05 Å². The Morgan fingerprint density at radius 3 is 2.63 bits per heavy atom. The number of hydrogen-bond donors (Lipinski definition) is 1. The lowest BCUT2D eigenvalue weighted by Crippen LogP contribution is -2.07. The molecular formula is C10H7Cl2F2NO3S. The number of halogens is 4. The second-order valence-electron chi connectivity index (χ2n) is 3.59. The normalized spacial score (nSPS) is 12.3. The summed E-state index contributed by atoms with van der Waals surface area (Å²) < 4.78 is 51.8. The van der Waals surface area contributed by atoms with Crippen molar-refractivity contribution in [1.82, 2.24) is 4.98 Å². The van der Waals surface area contributed by atoms with Gasteiger partial charge in [-0.3, -0.25) is 0 Å². The molecule has 1 N–H and O–H groups in total. The Hall–Kier alpha value is -1.05. The van der Waals surface area contributed by atoms with Gasteiger partial charge in [0.05, 0.1) is 10.5 Å². The minimum absolute atomic E-state index is 0.0361. The molecule has 1 heterocycles. The van der Waals surface area contributed by atoms with Gasteiger partial charge >= 0.3 is 0 Å². The van der Waals surface area contributed by atoms with Crippen molar-refractivity contribution in [2.24, 2.45) is 0 Å². The molecule has 0 saturated carbocycles. The van der Waals surface area contributed by atoms with Crippen molar-refractivity contribution in [2.45, 2.75) is 11.3 Å². The van der Waals surface area contributed by atoms with Gasteiger partial charge in [0.2, 0.25) is 0 Å². The molecule has 0 aliphatic heterocycles. The van der Waals surface area contributed by atoms with Crippen molar-refractivity contribution in [3.8, 4) is 5.75 Å². The zero-order chi connectivity index (χ0) is 14.2. The van der Waals surface area contributed by atoms with E-state index in [2.05, 4.69) is 4.98 Å². The van der Waals surface area contributed by atoms with E-state index in [0.29, 0.717) is 0 Å². The maximum Gasteiger partial charge on any atom is 0.272 e. The lowest BCUT2D eigenvalue weighted by molar-refractivity contribution is 0.0826. The summed E-state index contributed by atoms with van der Waals surface area (Å²) in [7, 11) is 1.30. The van der Waals surface area contributed by atoms with Crippen LogP contribution in [0.4, 0.5) is 8.78 Å². The number of aromatic amines is 1. The van der Waals surface area contributed by atoms with Gasteiger partial charge in [-0.25, -0.2) is 17.2 Å². The Morgan fingerprint density at radius 1 is 1.37 bits per heavy atom. The number of fused-ring (bicyclic) bond motifs is 1. The maximum absolute atomic E-state index is 12.2. The van der Waals surface area contributed by atoms with Crippen LogP contribution in [0.3, 0.4) is 0 Å². The highest BCUT2D eigenvalue weighted by Gasteiger charge is 2.20.